The second kappa shape index (κ2) is 9.54. The van der Waals surface area contributed by atoms with E-state index in [1.54, 1.807) is 25.1 Å². The van der Waals surface area contributed by atoms with E-state index in [2.05, 4.69) is 10.3 Å². The van der Waals surface area contributed by atoms with E-state index in [4.69, 9.17) is 11.6 Å². The Labute approximate surface area is 192 Å². The van der Waals surface area contributed by atoms with Crippen molar-refractivity contribution >= 4 is 45.9 Å². The Morgan fingerprint density at radius 2 is 1.88 bits per heavy atom. The molecule has 0 aliphatic heterocycles. The Morgan fingerprint density at radius 1 is 1.19 bits per heavy atom. The van der Waals surface area contributed by atoms with Crippen molar-refractivity contribution in [2.45, 2.75) is 43.9 Å². The second-order valence-corrected chi connectivity index (χ2v) is 9.40. The van der Waals surface area contributed by atoms with E-state index in [9.17, 15) is 22.8 Å². The number of nitrogens with one attached hydrogen (secondary N) is 1. The number of thioether (sulfide) groups is 1. The molecule has 1 amide bonds. The molecule has 3 aromatic rings. The molecule has 1 atom stereocenters. The zero-order valence-electron chi connectivity index (χ0n) is 17.5. The van der Waals surface area contributed by atoms with Crippen LogP contribution in [0.3, 0.4) is 0 Å². The minimum Gasteiger partial charge on any atom is -0.325 e. The zero-order valence-corrected chi connectivity index (χ0v) is 19.1. The van der Waals surface area contributed by atoms with Crippen LogP contribution in [0, 0.1) is 5.92 Å². The van der Waals surface area contributed by atoms with E-state index in [1.807, 2.05) is 13.8 Å². The van der Waals surface area contributed by atoms with Gasteiger partial charge >= 0.3 is 6.18 Å². The smallest absolute Gasteiger partial charge is 0.325 e. The Kier molecular flexibility index (Phi) is 7.19. The topological polar surface area (TPSA) is 64.0 Å². The molecule has 3 rings (SSSR count). The molecule has 170 valence electrons. The van der Waals surface area contributed by atoms with Gasteiger partial charge in [0, 0.05) is 11.6 Å². The molecule has 2 aromatic carbocycles. The van der Waals surface area contributed by atoms with E-state index in [1.165, 1.54) is 22.8 Å². The summed E-state index contributed by atoms with van der Waals surface area (Å²) in [5.74, 6) is -0.512. The first-order valence-corrected chi connectivity index (χ1v) is 11.1. The maximum Gasteiger partial charge on any atom is 0.418 e. The highest BCUT2D eigenvalue weighted by Crippen LogP contribution is 2.35. The largest absolute Gasteiger partial charge is 0.418 e. The number of aromatic nitrogens is 2. The van der Waals surface area contributed by atoms with Crippen molar-refractivity contribution in [2.75, 3.05) is 5.32 Å². The Morgan fingerprint density at radius 3 is 2.53 bits per heavy atom. The number of hydrogen-bond donors (Lipinski definition) is 1. The Bertz CT molecular complexity index is 1210. The standard InChI is InChI=1S/C22H21ClF3N3O2S/c1-12(2)11-29-20(31)15-10-14(23)8-9-17(15)28-21(29)32-13(3)19(30)27-18-7-5-4-6-16(18)22(24,25)26/h4-10,12-13H,11H2,1-3H3,(H,27,30). The third-order valence-corrected chi connectivity index (χ3v) is 5.90. The summed E-state index contributed by atoms with van der Waals surface area (Å²) in [6, 6.07) is 9.55. The number of carbonyl (C=O) groups excluding carboxylic acids is 1. The van der Waals surface area contributed by atoms with Gasteiger partial charge in [0.25, 0.3) is 5.56 Å². The van der Waals surface area contributed by atoms with Crippen molar-refractivity contribution in [3.63, 3.8) is 0 Å². The number of amides is 1. The van der Waals surface area contributed by atoms with Crippen LogP contribution >= 0.6 is 23.4 Å². The van der Waals surface area contributed by atoms with Crippen LogP contribution in [0.4, 0.5) is 18.9 Å². The van der Waals surface area contributed by atoms with Gasteiger partial charge < -0.3 is 5.32 Å². The van der Waals surface area contributed by atoms with Crippen LogP contribution in [0.2, 0.25) is 5.02 Å². The first kappa shape index (κ1) is 24.1. The van der Waals surface area contributed by atoms with Crippen molar-refractivity contribution in [1.29, 1.82) is 0 Å². The zero-order chi connectivity index (χ0) is 23.6. The second-order valence-electron chi connectivity index (χ2n) is 7.66. The average molecular weight is 484 g/mol. The minimum absolute atomic E-state index is 0.119. The highest BCUT2D eigenvalue weighted by Gasteiger charge is 2.34. The fraction of sp³-hybridized carbons (Fsp3) is 0.318. The maximum atomic E-state index is 13.2. The van der Waals surface area contributed by atoms with Crippen molar-refractivity contribution in [3.8, 4) is 0 Å². The van der Waals surface area contributed by atoms with E-state index < -0.39 is 22.9 Å². The first-order valence-electron chi connectivity index (χ1n) is 9.81. The van der Waals surface area contributed by atoms with Crippen LogP contribution in [0.25, 0.3) is 10.9 Å². The van der Waals surface area contributed by atoms with Crippen molar-refractivity contribution < 1.29 is 18.0 Å². The third-order valence-electron chi connectivity index (χ3n) is 4.57. The summed E-state index contributed by atoms with van der Waals surface area (Å²) >= 11 is 7.03. The van der Waals surface area contributed by atoms with Gasteiger partial charge in [-0.05, 0) is 43.2 Å². The number of hydrogen-bond acceptors (Lipinski definition) is 4. The summed E-state index contributed by atoms with van der Waals surface area (Å²) in [7, 11) is 0. The molecule has 32 heavy (non-hydrogen) atoms. The number of para-hydroxylation sites is 1. The summed E-state index contributed by atoms with van der Waals surface area (Å²) in [5, 5.41) is 2.61. The summed E-state index contributed by atoms with van der Waals surface area (Å²) < 4.78 is 41.2. The SMILES string of the molecule is CC(C)Cn1c(SC(C)C(=O)Nc2ccccc2C(F)(F)F)nc2ccc(Cl)cc2c1=O. The van der Waals surface area contributed by atoms with E-state index in [0.29, 0.717) is 27.6 Å². The lowest BCUT2D eigenvalue weighted by atomic mass is 10.1. The lowest BCUT2D eigenvalue weighted by Gasteiger charge is -2.19. The van der Waals surface area contributed by atoms with Gasteiger partial charge in [-0.25, -0.2) is 4.98 Å². The van der Waals surface area contributed by atoms with Gasteiger partial charge in [-0.2, -0.15) is 13.2 Å². The molecule has 1 aromatic heterocycles. The molecule has 0 aliphatic carbocycles. The van der Waals surface area contributed by atoms with Gasteiger partial charge in [0.15, 0.2) is 5.16 Å². The molecule has 0 saturated carbocycles. The molecule has 0 bridgehead atoms. The molecular weight excluding hydrogens is 463 g/mol. The van der Waals surface area contributed by atoms with Gasteiger partial charge in [0.05, 0.1) is 27.4 Å². The highest BCUT2D eigenvalue weighted by atomic mass is 35.5. The normalized spacial score (nSPS) is 12.9. The predicted octanol–water partition coefficient (Wildman–Crippen LogP) is 5.84. The lowest BCUT2D eigenvalue weighted by molar-refractivity contribution is -0.137. The summed E-state index contributed by atoms with van der Waals surface area (Å²) in [6.07, 6.45) is -4.60. The number of halogens is 4. The van der Waals surface area contributed by atoms with E-state index in [-0.39, 0.29) is 17.2 Å². The van der Waals surface area contributed by atoms with Gasteiger partial charge in [0.2, 0.25) is 5.91 Å². The minimum atomic E-state index is -4.60. The molecule has 5 nitrogen and oxygen atoms in total. The van der Waals surface area contributed by atoms with Crippen LogP contribution in [0.5, 0.6) is 0 Å². The quantitative estimate of drug-likeness (QED) is 0.353. The number of nitrogens with zero attached hydrogens (tertiary/aromatic N) is 2. The molecule has 1 N–H and O–H groups in total. The number of fused-ring (bicyclic) bond motifs is 1. The Balaban J connectivity index is 1.93. The number of carbonyl (C=O) groups is 1. The third kappa shape index (κ3) is 5.45. The summed E-state index contributed by atoms with van der Waals surface area (Å²) in [6.45, 7) is 5.79. The number of alkyl halides is 3. The van der Waals surface area contributed by atoms with Gasteiger partial charge in [0.1, 0.15) is 0 Å². The summed E-state index contributed by atoms with van der Waals surface area (Å²) in [4.78, 5) is 30.3. The van der Waals surface area contributed by atoms with Crippen LogP contribution < -0.4 is 10.9 Å². The molecule has 0 saturated heterocycles. The molecule has 1 unspecified atom stereocenters. The van der Waals surface area contributed by atoms with Crippen LogP contribution in [0.15, 0.2) is 52.4 Å². The fourth-order valence-electron chi connectivity index (χ4n) is 3.07. The lowest BCUT2D eigenvalue weighted by Crippen LogP contribution is -2.28. The molecule has 0 spiro atoms. The van der Waals surface area contributed by atoms with Gasteiger partial charge in [-0.3, -0.25) is 14.2 Å². The fourth-order valence-corrected chi connectivity index (χ4v) is 4.16. The van der Waals surface area contributed by atoms with Gasteiger partial charge in [-0.15, -0.1) is 0 Å². The van der Waals surface area contributed by atoms with Crippen LogP contribution in [0.1, 0.15) is 26.3 Å². The number of benzene rings is 2. The molecular formula is C22H21ClF3N3O2S. The molecule has 1 heterocycles. The van der Waals surface area contributed by atoms with Gasteiger partial charge in [-0.1, -0.05) is 49.3 Å². The van der Waals surface area contributed by atoms with Crippen molar-refractivity contribution in [1.82, 2.24) is 9.55 Å². The highest BCUT2D eigenvalue weighted by molar-refractivity contribution is 8.00. The number of rotatable bonds is 6. The maximum absolute atomic E-state index is 13.2. The monoisotopic (exact) mass is 483 g/mol. The number of anilines is 1. The van der Waals surface area contributed by atoms with Crippen LogP contribution in [-0.4, -0.2) is 20.7 Å². The van der Waals surface area contributed by atoms with Crippen molar-refractivity contribution in [3.05, 3.63) is 63.4 Å². The Hall–Kier alpha value is -2.52. The first-order chi connectivity index (χ1) is 15.0. The van der Waals surface area contributed by atoms with Crippen molar-refractivity contribution in [2.24, 2.45) is 5.92 Å². The average Bonchev–Trinajstić information content (AvgIpc) is 2.70. The van der Waals surface area contributed by atoms with E-state index in [0.717, 1.165) is 17.8 Å². The molecule has 0 aliphatic rings. The van der Waals surface area contributed by atoms with Crippen LogP contribution in [-0.2, 0) is 17.5 Å². The predicted molar refractivity (Wildman–Crippen MR) is 121 cm³/mol. The van der Waals surface area contributed by atoms with E-state index >= 15 is 0 Å². The molecule has 10 heteroatoms. The molecule has 0 fully saturated rings. The molecule has 0 radical (unpaired) electrons. The summed E-state index contributed by atoms with van der Waals surface area (Å²) in [5.41, 5.74) is -1.11.